The monoisotopic (exact) mass is 536 g/mol. The lowest BCUT2D eigenvalue weighted by Gasteiger charge is -2.29. The highest BCUT2D eigenvalue weighted by Gasteiger charge is 2.26. The van der Waals surface area contributed by atoms with Crippen molar-refractivity contribution < 1.29 is 4.79 Å². The van der Waals surface area contributed by atoms with Crippen LogP contribution in [0, 0.1) is 6.92 Å². The van der Waals surface area contributed by atoms with Crippen LogP contribution in [0.2, 0.25) is 5.02 Å². The van der Waals surface area contributed by atoms with E-state index in [0.717, 1.165) is 85.9 Å². The van der Waals surface area contributed by atoms with Crippen LogP contribution < -0.4 is 20.9 Å². The van der Waals surface area contributed by atoms with Gasteiger partial charge >= 0.3 is 0 Å². The van der Waals surface area contributed by atoms with E-state index in [9.17, 15) is 4.79 Å². The first-order valence-corrected chi connectivity index (χ1v) is 13.9. The number of hydrogen-bond donors (Lipinski definition) is 3. The third-order valence-electron chi connectivity index (χ3n) is 7.20. The van der Waals surface area contributed by atoms with E-state index in [0.29, 0.717) is 11.6 Å². The predicted molar refractivity (Wildman–Crippen MR) is 159 cm³/mol. The molecule has 0 atom stereocenters. The number of nitrogens with zero attached hydrogens (tertiary/aromatic N) is 3. The molecule has 1 amide bonds. The average molecular weight is 537 g/mol. The highest BCUT2D eigenvalue weighted by molar-refractivity contribution is 6.30. The summed E-state index contributed by atoms with van der Waals surface area (Å²) in [6.45, 7) is 9.35. The molecule has 3 aromatic rings. The van der Waals surface area contributed by atoms with Crippen molar-refractivity contribution in [2.75, 3.05) is 71.4 Å². The molecule has 1 fully saturated rings. The maximum Gasteiger partial charge on any atom is 0.253 e. The van der Waals surface area contributed by atoms with Gasteiger partial charge < -0.3 is 30.3 Å². The minimum Gasteiger partial charge on any atom is -0.369 e. The molecule has 0 aliphatic carbocycles. The number of carbonyl (C=O) groups is 1. The van der Waals surface area contributed by atoms with Gasteiger partial charge in [0.1, 0.15) is 0 Å². The number of carbonyl (C=O) groups excluding carboxylic acids is 1. The number of piperazine rings is 1. The van der Waals surface area contributed by atoms with Gasteiger partial charge in [-0.05, 0) is 69.4 Å². The Balaban J connectivity index is 1.65. The smallest absolute Gasteiger partial charge is 0.253 e. The van der Waals surface area contributed by atoms with Gasteiger partial charge in [-0.2, -0.15) is 0 Å². The van der Waals surface area contributed by atoms with Gasteiger partial charge in [0.2, 0.25) is 0 Å². The Morgan fingerprint density at radius 1 is 1.03 bits per heavy atom. The van der Waals surface area contributed by atoms with Crippen LogP contribution in [0.25, 0.3) is 22.4 Å². The molecule has 1 aliphatic heterocycles. The fraction of sp³-hybridized carbons (Fsp3) is 0.433. The number of anilines is 1. The van der Waals surface area contributed by atoms with Crippen LogP contribution >= 0.6 is 11.6 Å². The Morgan fingerprint density at radius 3 is 2.47 bits per heavy atom. The van der Waals surface area contributed by atoms with Crippen LogP contribution in [0.1, 0.15) is 22.5 Å². The van der Waals surface area contributed by atoms with Gasteiger partial charge in [-0.25, -0.2) is 0 Å². The van der Waals surface area contributed by atoms with Crippen LogP contribution in [0.5, 0.6) is 0 Å². The predicted octanol–water partition coefficient (Wildman–Crippen LogP) is 4.00. The topological polar surface area (TPSA) is 64.6 Å². The average Bonchev–Trinajstić information content (AvgIpc) is 3.19. The molecule has 0 bridgehead atoms. The molecule has 1 aliphatic rings. The molecule has 38 heavy (non-hydrogen) atoms. The second kappa shape index (κ2) is 13.3. The minimum atomic E-state index is -0.0332. The third-order valence-corrected chi connectivity index (χ3v) is 7.45. The molecule has 1 saturated heterocycles. The van der Waals surface area contributed by atoms with Gasteiger partial charge in [0.05, 0.1) is 11.3 Å². The van der Waals surface area contributed by atoms with Gasteiger partial charge in [-0.3, -0.25) is 4.79 Å². The summed E-state index contributed by atoms with van der Waals surface area (Å²) < 4.78 is 2.13. The van der Waals surface area contributed by atoms with Crippen molar-refractivity contribution >= 4 is 23.2 Å². The third kappa shape index (κ3) is 6.77. The summed E-state index contributed by atoms with van der Waals surface area (Å²) >= 11 is 6.22. The molecule has 4 rings (SSSR count). The van der Waals surface area contributed by atoms with Gasteiger partial charge in [0, 0.05) is 74.8 Å². The maximum atomic E-state index is 13.7. The molecule has 2 heterocycles. The van der Waals surface area contributed by atoms with Crippen LogP contribution in [-0.2, 0) is 7.05 Å². The molecule has 0 spiro atoms. The highest BCUT2D eigenvalue weighted by Crippen LogP contribution is 2.40. The zero-order valence-electron chi connectivity index (χ0n) is 23.1. The fourth-order valence-corrected chi connectivity index (χ4v) is 5.15. The molecular weight excluding hydrogens is 496 g/mol. The molecule has 3 N–H and O–H groups in total. The Bertz CT molecular complexity index is 1210. The fourth-order valence-electron chi connectivity index (χ4n) is 5.02. The number of amides is 1. The van der Waals surface area contributed by atoms with E-state index in [1.54, 1.807) is 0 Å². The standard InChI is InChI=1S/C30H41ClN6O/c1-22-27(30(38)34-14-6-13-32-15-18-35(2)3)28(29(36(22)4)23-9-11-25(31)12-10-23)24-7-5-8-26(21-24)37-19-16-33-17-20-37/h5,7-12,21,32-33H,6,13-20H2,1-4H3,(H,34,38). The highest BCUT2D eigenvalue weighted by atomic mass is 35.5. The lowest BCUT2D eigenvalue weighted by atomic mass is 9.96. The van der Waals surface area contributed by atoms with Crippen LogP contribution in [0.4, 0.5) is 5.69 Å². The number of benzene rings is 2. The molecule has 2 aromatic carbocycles. The van der Waals surface area contributed by atoms with E-state index in [4.69, 9.17) is 11.6 Å². The lowest BCUT2D eigenvalue weighted by Crippen LogP contribution is -2.43. The van der Waals surface area contributed by atoms with Gasteiger partial charge in [0.25, 0.3) is 5.91 Å². The number of likely N-dealkylation sites (N-methyl/N-ethyl adjacent to an activating group) is 1. The number of nitrogens with one attached hydrogen (secondary N) is 3. The maximum absolute atomic E-state index is 13.7. The van der Waals surface area contributed by atoms with Crippen molar-refractivity contribution in [1.29, 1.82) is 0 Å². The summed E-state index contributed by atoms with van der Waals surface area (Å²) in [6, 6.07) is 16.5. The Hall–Kier alpha value is -2.84. The quantitative estimate of drug-likeness (QED) is 0.323. The molecule has 7 nitrogen and oxygen atoms in total. The van der Waals surface area contributed by atoms with Crippen LogP contribution in [0.3, 0.4) is 0 Å². The molecule has 204 valence electrons. The van der Waals surface area contributed by atoms with Crippen molar-refractivity contribution in [3.8, 4) is 22.4 Å². The van der Waals surface area contributed by atoms with E-state index in [1.807, 2.05) is 38.2 Å². The number of aromatic nitrogens is 1. The number of hydrogen-bond acceptors (Lipinski definition) is 5. The molecule has 0 unspecified atom stereocenters. The van der Waals surface area contributed by atoms with Gasteiger partial charge in [-0.1, -0.05) is 35.9 Å². The Morgan fingerprint density at radius 2 is 1.76 bits per heavy atom. The zero-order chi connectivity index (χ0) is 27.1. The van der Waals surface area contributed by atoms with E-state index < -0.39 is 0 Å². The minimum absolute atomic E-state index is 0.0332. The van der Waals surface area contributed by atoms with E-state index in [1.165, 1.54) is 5.69 Å². The normalized spacial score (nSPS) is 13.8. The second-order valence-electron chi connectivity index (χ2n) is 10.2. The Labute approximate surface area is 232 Å². The molecule has 1 aromatic heterocycles. The van der Waals surface area contributed by atoms with E-state index in [-0.39, 0.29) is 5.91 Å². The first-order chi connectivity index (χ1) is 18.4. The van der Waals surface area contributed by atoms with E-state index >= 15 is 0 Å². The SMILES string of the molecule is Cc1c(C(=O)NCCCNCCN(C)C)c(-c2cccc(N3CCNCC3)c2)c(-c2ccc(Cl)cc2)n1C. The van der Waals surface area contributed by atoms with Crippen LogP contribution in [-0.4, -0.2) is 81.8 Å². The van der Waals surface area contributed by atoms with Crippen molar-refractivity contribution in [3.05, 3.63) is 64.8 Å². The lowest BCUT2D eigenvalue weighted by molar-refractivity contribution is 0.0953. The van der Waals surface area contributed by atoms with Crippen molar-refractivity contribution in [2.45, 2.75) is 13.3 Å². The zero-order valence-corrected chi connectivity index (χ0v) is 23.9. The first kappa shape index (κ1) is 28.2. The Kier molecular flexibility index (Phi) is 9.86. The summed E-state index contributed by atoms with van der Waals surface area (Å²) in [5, 5.41) is 10.7. The molecule has 0 radical (unpaired) electrons. The largest absolute Gasteiger partial charge is 0.369 e. The van der Waals surface area contributed by atoms with E-state index in [2.05, 4.69) is 68.7 Å². The molecule has 0 saturated carbocycles. The molecule has 8 heteroatoms. The summed E-state index contributed by atoms with van der Waals surface area (Å²) in [5.74, 6) is -0.0332. The van der Waals surface area contributed by atoms with Gasteiger partial charge in [0.15, 0.2) is 0 Å². The van der Waals surface area contributed by atoms with Crippen molar-refractivity contribution in [2.24, 2.45) is 7.05 Å². The van der Waals surface area contributed by atoms with Crippen LogP contribution in [0.15, 0.2) is 48.5 Å². The summed E-state index contributed by atoms with van der Waals surface area (Å²) in [7, 11) is 6.17. The van der Waals surface area contributed by atoms with Crippen molar-refractivity contribution in [3.63, 3.8) is 0 Å². The number of rotatable bonds is 11. The van der Waals surface area contributed by atoms with Gasteiger partial charge in [-0.15, -0.1) is 0 Å². The summed E-state index contributed by atoms with van der Waals surface area (Å²) in [5.41, 5.74) is 6.92. The first-order valence-electron chi connectivity index (χ1n) is 13.5. The summed E-state index contributed by atoms with van der Waals surface area (Å²) in [6.07, 6.45) is 0.878. The molecular formula is C30H41ClN6O. The second-order valence-corrected chi connectivity index (χ2v) is 10.6. The number of halogens is 1. The summed E-state index contributed by atoms with van der Waals surface area (Å²) in [4.78, 5) is 18.2. The van der Waals surface area contributed by atoms with Crippen molar-refractivity contribution in [1.82, 2.24) is 25.4 Å².